The minimum atomic E-state index is -1.12. The normalized spacial score (nSPS) is 11.0. The van der Waals surface area contributed by atoms with Gasteiger partial charge >= 0.3 is 5.97 Å². The van der Waals surface area contributed by atoms with Crippen molar-refractivity contribution >= 4 is 22.6 Å². The average molecular weight is 275 g/mol. The molecule has 1 N–H and O–H groups in total. The smallest absolute Gasteiger partial charge is 0.328 e. The molecule has 20 heavy (non-hydrogen) atoms. The number of non-ortho nitro benzene ring substituents is 1. The number of hydrogen-bond acceptors (Lipinski definition) is 5. The predicted octanol–water partition coefficient (Wildman–Crippen LogP) is 0.946. The van der Waals surface area contributed by atoms with Crippen molar-refractivity contribution in [1.82, 2.24) is 9.55 Å². The van der Waals surface area contributed by atoms with E-state index in [1.165, 1.54) is 29.1 Å². The zero-order valence-electron chi connectivity index (χ0n) is 10.1. The van der Waals surface area contributed by atoms with Gasteiger partial charge in [-0.2, -0.15) is 0 Å². The van der Waals surface area contributed by atoms with Crippen LogP contribution in [0.2, 0.25) is 0 Å². The van der Waals surface area contributed by atoms with E-state index < -0.39 is 16.5 Å². The number of benzene rings is 1. The zero-order valence-corrected chi connectivity index (χ0v) is 10.1. The van der Waals surface area contributed by atoms with Crippen LogP contribution in [-0.4, -0.2) is 25.6 Å². The Labute approximate surface area is 111 Å². The fourth-order valence-corrected chi connectivity index (χ4v) is 1.66. The van der Waals surface area contributed by atoms with Gasteiger partial charge in [-0.15, -0.1) is 0 Å². The molecule has 0 fully saturated rings. The van der Waals surface area contributed by atoms with E-state index in [0.717, 1.165) is 12.1 Å². The molecule has 0 spiro atoms. The molecule has 2 rings (SSSR count). The number of nitro groups is 1. The van der Waals surface area contributed by atoms with Crippen molar-refractivity contribution in [1.29, 1.82) is 0 Å². The molecule has 1 aromatic carbocycles. The summed E-state index contributed by atoms with van der Waals surface area (Å²) < 4.78 is 1.17. The van der Waals surface area contributed by atoms with Crippen LogP contribution in [0.25, 0.3) is 10.9 Å². The standard InChI is InChI=1S/C12H9N3O5/c16-11(17)2-1-5-14-7-13-10-4-3-8(15(19)20)6-9(10)12(14)18/h1-4,6-7H,5H2,(H,16,17). The van der Waals surface area contributed by atoms with Crippen molar-refractivity contribution in [3.63, 3.8) is 0 Å². The molecule has 0 amide bonds. The van der Waals surface area contributed by atoms with Crippen molar-refractivity contribution in [3.8, 4) is 0 Å². The Balaban J connectivity index is 2.48. The van der Waals surface area contributed by atoms with Crippen LogP contribution < -0.4 is 5.56 Å². The summed E-state index contributed by atoms with van der Waals surface area (Å²) in [5.41, 5.74) is -0.317. The summed E-state index contributed by atoms with van der Waals surface area (Å²) >= 11 is 0. The predicted molar refractivity (Wildman–Crippen MR) is 69.4 cm³/mol. The quantitative estimate of drug-likeness (QED) is 0.504. The highest BCUT2D eigenvalue weighted by Gasteiger charge is 2.10. The molecule has 0 aliphatic heterocycles. The van der Waals surface area contributed by atoms with E-state index in [1.54, 1.807) is 0 Å². The molecule has 0 radical (unpaired) electrons. The fourth-order valence-electron chi connectivity index (χ4n) is 1.66. The van der Waals surface area contributed by atoms with E-state index in [1.807, 2.05) is 0 Å². The van der Waals surface area contributed by atoms with Gasteiger partial charge in [-0.1, -0.05) is 6.08 Å². The molecule has 1 aromatic heterocycles. The number of aromatic nitrogens is 2. The minimum absolute atomic E-state index is 0.0246. The summed E-state index contributed by atoms with van der Waals surface area (Å²) in [5, 5.41) is 19.3. The number of rotatable bonds is 4. The third kappa shape index (κ3) is 2.69. The van der Waals surface area contributed by atoms with Crippen molar-refractivity contribution in [2.24, 2.45) is 0 Å². The molecule has 102 valence electrons. The Morgan fingerprint density at radius 1 is 1.50 bits per heavy atom. The highest BCUT2D eigenvalue weighted by Crippen LogP contribution is 2.16. The number of allylic oxidation sites excluding steroid dienone is 1. The largest absolute Gasteiger partial charge is 0.478 e. The monoisotopic (exact) mass is 275 g/mol. The van der Waals surface area contributed by atoms with E-state index >= 15 is 0 Å². The second-order valence-corrected chi connectivity index (χ2v) is 3.90. The van der Waals surface area contributed by atoms with E-state index in [2.05, 4.69) is 4.98 Å². The summed E-state index contributed by atoms with van der Waals surface area (Å²) in [6.45, 7) is 0.0246. The summed E-state index contributed by atoms with van der Waals surface area (Å²) in [5.74, 6) is -1.12. The van der Waals surface area contributed by atoms with E-state index in [4.69, 9.17) is 5.11 Å². The molecule has 0 unspecified atom stereocenters. The van der Waals surface area contributed by atoms with Crippen LogP contribution in [0, 0.1) is 10.1 Å². The molecule has 0 saturated heterocycles. The Morgan fingerprint density at radius 2 is 2.25 bits per heavy atom. The summed E-state index contributed by atoms with van der Waals surface area (Å²) in [6.07, 6.45) is 3.46. The first-order chi connectivity index (χ1) is 9.49. The Bertz CT molecular complexity index is 778. The van der Waals surface area contributed by atoms with Crippen LogP contribution in [0.1, 0.15) is 0 Å². The molecule has 2 aromatic rings. The molecule has 0 aliphatic carbocycles. The van der Waals surface area contributed by atoms with E-state index in [9.17, 15) is 19.7 Å². The first-order valence-electron chi connectivity index (χ1n) is 5.52. The molecule has 1 heterocycles. The number of carboxylic acids is 1. The molecule has 8 heteroatoms. The van der Waals surface area contributed by atoms with Gasteiger partial charge in [-0.05, 0) is 6.07 Å². The number of carbonyl (C=O) groups is 1. The molecular formula is C12H9N3O5. The highest BCUT2D eigenvalue weighted by molar-refractivity contribution is 5.80. The third-order valence-corrected chi connectivity index (χ3v) is 2.58. The minimum Gasteiger partial charge on any atom is -0.478 e. The lowest BCUT2D eigenvalue weighted by Gasteiger charge is -2.03. The van der Waals surface area contributed by atoms with Crippen LogP contribution in [0.3, 0.4) is 0 Å². The fraction of sp³-hybridized carbons (Fsp3) is 0.0833. The Kier molecular flexibility index (Phi) is 3.56. The second-order valence-electron chi connectivity index (χ2n) is 3.90. The first kappa shape index (κ1) is 13.4. The number of fused-ring (bicyclic) bond motifs is 1. The van der Waals surface area contributed by atoms with Gasteiger partial charge in [0.25, 0.3) is 11.2 Å². The first-order valence-corrected chi connectivity index (χ1v) is 5.52. The van der Waals surface area contributed by atoms with E-state index in [0.29, 0.717) is 5.52 Å². The van der Waals surface area contributed by atoms with Gasteiger partial charge in [-0.25, -0.2) is 9.78 Å². The molecule has 8 nitrogen and oxygen atoms in total. The highest BCUT2D eigenvalue weighted by atomic mass is 16.6. The lowest BCUT2D eigenvalue weighted by atomic mass is 10.2. The van der Waals surface area contributed by atoms with Crippen LogP contribution >= 0.6 is 0 Å². The summed E-state index contributed by atoms with van der Waals surface area (Å²) in [4.78, 5) is 36.5. The third-order valence-electron chi connectivity index (χ3n) is 2.58. The number of nitrogens with zero attached hydrogens (tertiary/aromatic N) is 3. The van der Waals surface area contributed by atoms with E-state index in [-0.39, 0.29) is 17.6 Å². The maximum absolute atomic E-state index is 12.1. The molecule has 0 atom stereocenters. The Hall–Kier alpha value is -3.03. The van der Waals surface area contributed by atoms with Crippen LogP contribution in [0.4, 0.5) is 5.69 Å². The summed E-state index contributed by atoms with van der Waals surface area (Å²) in [6, 6.07) is 3.82. The number of aliphatic carboxylic acids is 1. The SMILES string of the molecule is O=C(O)C=CCn1cnc2ccc([N+](=O)[O-])cc2c1=O. The van der Waals surface area contributed by atoms with Crippen molar-refractivity contribution in [3.05, 3.63) is 57.1 Å². The maximum Gasteiger partial charge on any atom is 0.328 e. The topological polar surface area (TPSA) is 115 Å². The Morgan fingerprint density at radius 3 is 2.90 bits per heavy atom. The number of carboxylic acid groups (broad SMARTS) is 1. The van der Waals surface area contributed by atoms with Crippen molar-refractivity contribution < 1.29 is 14.8 Å². The summed E-state index contributed by atoms with van der Waals surface area (Å²) in [7, 11) is 0. The molecule has 0 aliphatic rings. The van der Waals surface area contributed by atoms with Crippen molar-refractivity contribution in [2.45, 2.75) is 6.54 Å². The van der Waals surface area contributed by atoms with Crippen LogP contribution in [-0.2, 0) is 11.3 Å². The average Bonchev–Trinajstić information content (AvgIpc) is 2.40. The van der Waals surface area contributed by atoms with Gasteiger partial charge in [0, 0.05) is 24.8 Å². The van der Waals surface area contributed by atoms with Crippen molar-refractivity contribution in [2.75, 3.05) is 0 Å². The lowest BCUT2D eigenvalue weighted by Crippen LogP contribution is -2.20. The van der Waals surface area contributed by atoms with Gasteiger partial charge in [0.1, 0.15) is 0 Å². The van der Waals surface area contributed by atoms with Gasteiger partial charge in [-0.3, -0.25) is 19.5 Å². The number of nitro benzene ring substituents is 1. The van der Waals surface area contributed by atoms with Gasteiger partial charge in [0.2, 0.25) is 0 Å². The van der Waals surface area contributed by atoms with Crippen LogP contribution in [0.15, 0.2) is 41.5 Å². The van der Waals surface area contributed by atoms with Gasteiger partial charge in [0.15, 0.2) is 0 Å². The molecule has 0 saturated carbocycles. The molecular weight excluding hydrogens is 266 g/mol. The van der Waals surface area contributed by atoms with Crippen LogP contribution in [0.5, 0.6) is 0 Å². The maximum atomic E-state index is 12.1. The molecule has 0 bridgehead atoms. The lowest BCUT2D eigenvalue weighted by molar-refractivity contribution is -0.384. The zero-order chi connectivity index (χ0) is 14.7. The van der Waals surface area contributed by atoms with Gasteiger partial charge < -0.3 is 5.11 Å². The van der Waals surface area contributed by atoms with Gasteiger partial charge in [0.05, 0.1) is 22.2 Å². The second kappa shape index (κ2) is 5.31. The number of hydrogen-bond donors (Lipinski definition) is 1.